The molecule has 2 rings (SSSR count). The van der Waals surface area contributed by atoms with Gasteiger partial charge in [-0.1, -0.05) is 35.9 Å². The second-order valence-corrected chi connectivity index (χ2v) is 6.38. The molecule has 0 saturated heterocycles. The van der Waals surface area contributed by atoms with Crippen LogP contribution in [0.2, 0.25) is 0 Å². The molecule has 0 saturated carbocycles. The first-order valence-electron chi connectivity index (χ1n) is 6.49. The van der Waals surface area contributed by atoms with Crippen LogP contribution in [-0.2, 0) is 16.6 Å². The van der Waals surface area contributed by atoms with E-state index in [2.05, 4.69) is 5.32 Å². The Morgan fingerprint density at radius 1 is 1.09 bits per heavy atom. The van der Waals surface area contributed by atoms with Gasteiger partial charge in [-0.05, 0) is 25.1 Å². The zero-order valence-electron chi connectivity index (χ0n) is 11.8. The molecule has 22 heavy (non-hydrogen) atoms. The highest BCUT2D eigenvalue weighted by Crippen LogP contribution is 2.10. The van der Waals surface area contributed by atoms with Crippen molar-refractivity contribution in [3.8, 4) is 0 Å². The van der Waals surface area contributed by atoms with Gasteiger partial charge in [-0.3, -0.25) is 0 Å². The lowest BCUT2D eigenvalue weighted by atomic mass is 10.2. The highest BCUT2D eigenvalue weighted by atomic mass is 32.2. The van der Waals surface area contributed by atoms with E-state index in [9.17, 15) is 17.6 Å². The van der Waals surface area contributed by atoms with E-state index in [1.165, 1.54) is 30.3 Å². The lowest BCUT2D eigenvalue weighted by Crippen LogP contribution is -2.39. The Morgan fingerprint density at radius 3 is 2.36 bits per heavy atom. The molecule has 2 aromatic rings. The number of carbonyl (C=O) groups is 1. The fourth-order valence-electron chi connectivity index (χ4n) is 1.75. The molecule has 2 aromatic carbocycles. The van der Waals surface area contributed by atoms with E-state index >= 15 is 0 Å². The summed E-state index contributed by atoms with van der Waals surface area (Å²) in [6, 6.07) is 11.1. The van der Waals surface area contributed by atoms with Gasteiger partial charge < -0.3 is 5.32 Å². The first kappa shape index (κ1) is 16.0. The van der Waals surface area contributed by atoms with E-state index in [1.54, 1.807) is 18.2 Å². The smallest absolute Gasteiger partial charge is 0.328 e. The lowest BCUT2D eigenvalue weighted by molar-refractivity contribution is 0.245. The molecule has 0 aliphatic heterocycles. The highest BCUT2D eigenvalue weighted by Gasteiger charge is 2.17. The summed E-state index contributed by atoms with van der Waals surface area (Å²) in [5, 5.41) is 2.31. The number of rotatable bonds is 4. The van der Waals surface area contributed by atoms with Crippen LogP contribution in [0, 0.1) is 12.7 Å². The Hall–Kier alpha value is -2.41. The third-order valence-electron chi connectivity index (χ3n) is 2.96. The molecule has 0 radical (unpaired) electrons. The highest BCUT2D eigenvalue weighted by molar-refractivity contribution is 7.90. The van der Waals surface area contributed by atoms with E-state index in [-0.39, 0.29) is 17.0 Å². The minimum Gasteiger partial charge on any atom is -0.333 e. The normalized spacial score (nSPS) is 11.0. The van der Waals surface area contributed by atoms with Gasteiger partial charge in [-0.2, -0.15) is 0 Å². The molecule has 0 aliphatic rings. The third kappa shape index (κ3) is 4.05. The standard InChI is InChI=1S/C15H15FN2O3S/c1-11-6-8-13(9-7-11)22(20,21)18-15(19)17-10-12-4-2-3-5-14(12)16/h2-9H,10H2,1H3,(H2,17,18,19). The van der Waals surface area contributed by atoms with E-state index in [0.717, 1.165) is 5.56 Å². The van der Waals surface area contributed by atoms with E-state index in [0.29, 0.717) is 0 Å². The van der Waals surface area contributed by atoms with Crippen LogP contribution in [0.5, 0.6) is 0 Å². The van der Waals surface area contributed by atoms with Crippen LogP contribution in [0.4, 0.5) is 9.18 Å². The van der Waals surface area contributed by atoms with Crippen molar-refractivity contribution in [2.24, 2.45) is 0 Å². The topological polar surface area (TPSA) is 75.3 Å². The average molecular weight is 322 g/mol. The molecule has 0 unspecified atom stereocenters. The molecule has 7 heteroatoms. The molecule has 0 aromatic heterocycles. The summed E-state index contributed by atoms with van der Waals surface area (Å²) in [4.78, 5) is 11.6. The monoisotopic (exact) mass is 322 g/mol. The number of aryl methyl sites for hydroxylation is 1. The second-order valence-electron chi connectivity index (χ2n) is 4.69. The van der Waals surface area contributed by atoms with E-state index in [1.807, 2.05) is 11.6 Å². The molecule has 0 heterocycles. The number of nitrogens with one attached hydrogen (secondary N) is 2. The molecule has 2 N–H and O–H groups in total. The first-order valence-corrected chi connectivity index (χ1v) is 7.97. The molecule has 2 amide bonds. The molecule has 5 nitrogen and oxygen atoms in total. The van der Waals surface area contributed by atoms with Gasteiger partial charge in [0.1, 0.15) is 5.82 Å². The second kappa shape index (κ2) is 6.57. The van der Waals surface area contributed by atoms with Crippen LogP contribution in [0.25, 0.3) is 0 Å². The summed E-state index contributed by atoms with van der Waals surface area (Å²) in [6.07, 6.45) is 0. The van der Waals surface area contributed by atoms with Crippen LogP contribution >= 0.6 is 0 Å². The van der Waals surface area contributed by atoms with Crippen LogP contribution in [0.3, 0.4) is 0 Å². The van der Waals surface area contributed by atoms with Crippen molar-refractivity contribution in [2.75, 3.05) is 0 Å². The molecule has 0 atom stereocenters. The predicted octanol–water partition coefficient (Wildman–Crippen LogP) is 2.32. The van der Waals surface area contributed by atoms with Gasteiger partial charge in [-0.25, -0.2) is 22.3 Å². The van der Waals surface area contributed by atoms with Gasteiger partial charge in [-0.15, -0.1) is 0 Å². The Bertz CT molecular complexity index is 774. The Balaban J connectivity index is 1.99. The van der Waals surface area contributed by atoms with Crippen LogP contribution < -0.4 is 10.0 Å². The Kier molecular flexibility index (Phi) is 4.77. The van der Waals surface area contributed by atoms with E-state index in [4.69, 9.17) is 0 Å². The van der Waals surface area contributed by atoms with Crippen molar-refractivity contribution < 1.29 is 17.6 Å². The molecule has 116 valence electrons. The van der Waals surface area contributed by atoms with Crippen molar-refractivity contribution in [2.45, 2.75) is 18.4 Å². The zero-order chi connectivity index (χ0) is 16.2. The molecule has 0 fully saturated rings. The van der Waals surface area contributed by atoms with Crippen molar-refractivity contribution in [1.82, 2.24) is 10.0 Å². The lowest BCUT2D eigenvalue weighted by Gasteiger charge is -2.09. The first-order chi connectivity index (χ1) is 10.4. The number of sulfonamides is 1. The summed E-state index contributed by atoms with van der Waals surface area (Å²) in [6.45, 7) is 1.72. The molecule has 0 spiro atoms. The van der Waals surface area contributed by atoms with Crippen molar-refractivity contribution in [1.29, 1.82) is 0 Å². The Labute approximate surface area is 128 Å². The number of halogens is 1. The fourth-order valence-corrected chi connectivity index (χ4v) is 2.68. The van der Waals surface area contributed by atoms with Crippen LogP contribution in [0.15, 0.2) is 53.4 Å². The van der Waals surface area contributed by atoms with Crippen LogP contribution in [0.1, 0.15) is 11.1 Å². The number of hydrogen-bond acceptors (Lipinski definition) is 3. The van der Waals surface area contributed by atoms with E-state index < -0.39 is 21.9 Å². The summed E-state index contributed by atoms with van der Waals surface area (Å²) < 4.78 is 39.2. The molecular formula is C15H15FN2O3S. The maximum Gasteiger partial charge on any atom is 0.328 e. The number of urea groups is 1. The minimum atomic E-state index is -3.95. The maximum absolute atomic E-state index is 13.4. The zero-order valence-corrected chi connectivity index (χ0v) is 12.7. The number of carbonyl (C=O) groups excluding carboxylic acids is 1. The van der Waals surface area contributed by atoms with Crippen molar-refractivity contribution >= 4 is 16.1 Å². The van der Waals surface area contributed by atoms with Crippen molar-refractivity contribution in [3.05, 3.63) is 65.5 Å². The van der Waals surface area contributed by atoms with Gasteiger partial charge >= 0.3 is 6.03 Å². The van der Waals surface area contributed by atoms with Gasteiger partial charge in [0.25, 0.3) is 10.0 Å². The fraction of sp³-hybridized carbons (Fsp3) is 0.133. The van der Waals surface area contributed by atoms with Crippen LogP contribution in [-0.4, -0.2) is 14.4 Å². The molecule has 0 bridgehead atoms. The average Bonchev–Trinajstić information content (AvgIpc) is 2.46. The number of hydrogen-bond donors (Lipinski definition) is 2. The Morgan fingerprint density at radius 2 is 1.73 bits per heavy atom. The summed E-state index contributed by atoms with van der Waals surface area (Å²) in [5.74, 6) is -0.468. The number of benzene rings is 2. The van der Waals surface area contributed by atoms with Gasteiger partial charge in [0.05, 0.1) is 4.90 Å². The quantitative estimate of drug-likeness (QED) is 0.907. The largest absolute Gasteiger partial charge is 0.333 e. The van der Waals surface area contributed by atoms with Crippen molar-refractivity contribution in [3.63, 3.8) is 0 Å². The summed E-state index contributed by atoms with van der Waals surface area (Å²) in [7, 11) is -3.95. The molecule has 0 aliphatic carbocycles. The maximum atomic E-state index is 13.4. The van der Waals surface area contributed by atoms with Gasteiger partial charge in [0.15, 0.2) is 0 Å². The third-order valence-corrected chi connectivity index (χ3v) is 4.30. The predicted molar refractivity (Wildman–Crippen MR) is 80.1 cm³/mol. The SMILES string of the molecule is Cc1ccc(S(=O)(=O)NC(=O)NCc2ccccc2F)cc1. The minimum absolute atomic E-state index is 0.0147. The van der Waals surface area contributed by atoms with Gasteiger partial charge in [0.2, 0.25) is 0 Å². The summed E-state index contributed by atoms with van der Waals surface area (Å²) >= 11 is 0. The summed E-state index contributed by atoms with van der Waals surface area (Å²) in [5.41, 5.74) is 1.17. The number of amides is 2. The van der Waals surface area contributed by atoms with Gasteiger partial charge in [0, 0.05) is 12.1 Å². The molecular weight excluding hydrogens is 307 g/mol.